The number of aromatic nitrogens is 3. The molecule has 134 valence electrons. The first-order valence-corrected chi connectivity index (χ1v) is 9.20. The molecular formula is C18H25N5O2. The second-order valence-electron chi connectivity index (χ2n) is 7.01. The molecule has 2 saturated heterocycles. The molecule has 2 aliphatic rings. The van der Waals surface area contributed by atoms with Gasteiger partial charge in [0.2, 0.25) is 5.91 Å². The average Bonchev–Trinajstić information content (AvgIpc) is 3.11. The Morgan fingerprint density at radius 3 is 2.80 bits per heavy atom. The van der Waals surface area contributed by atoms with Crippen molar-refractivity contribution in [1.29, 1.82) is 0 Å². The molecule has 2 fully saturated rings. The van der Waals surface area contributed by atoms with Crippen molar-refractivity contribution in [3.05, 3.63) is 24.5 Å². The van der Waals surface area contributed by atoms with E-state index in [0.29, 0.717) is 18.4 Å². The summed E-state index contributed by atoms with van der Waals surface area (Å²) >= 11 is 0. The highest BCUT2D eigenvalue weighted by molar-refractivity contribution is 5.76. The van der Waals surface area contributed by atoms with Gasteiger partial charge in [0, 0.05) is 51.0 Å². The van der Waals surface area contributed by atoms with Crippen molar-refractivity contribution in [2.45, 2.75) is 38.1 Å². The van der Waals surface area contributed by atoms with Gasteiger partial charge < -0.3 is 15.0 Å². The molecule has 0 aliphatic carbocycles. The molecule has 0 bridgehead atoms. The summed E-state index contributed by atoms with van der Waals surface area (Å²) in [5, 5.41) is 7.35. The summed E-state index contributed by atoms with van der Waals surface area (Å²) in [6.07, 6.45) is 8.29. The molecule has 25 heavy (non-hydrogen) atoms. The van der Waals surface area contributed by atoms with Crippen molar-refractivity contribution < 1.29 is 9.53 Å². The van der Waals surface area contributed by atoms with Crippen LogP contribution in [0, 0.1) is 5.92 Å². The molecule has 2 aliphatic heterocycles. The van der Waals surface area contributed by atoms with Crippen LogP contribution >= 0.6 is 0 Å². The van der Waals surface area contributed by atoms with E-state index in [2.05, 4.69) is 20.3 Å². The summed E-state index contributed by atoms with van der Waals surface area (Å²) in [6, 6.07) is 4.22. The zero-order valence-electron chi connectivity index (χ0n) is 14.4. The molecule has 7 heteroatoms. The number of fused-ring (bicyclic) bond motifs is 1. The Balaban J connectivity index is 1.26. The second-order valence-corrected chi connectivity index (χ2v) is 7.01. The SMILES string of the molecule is O=C(CC1CCN(c2ccn3nccc3n2)CC1)NC1CCOCC1. The predicted octanol–water partition coefficient (Wildman–Crippen LogP) is 1.63. The Bertz CT molecular complexity index is 717. The maximum absolute atomic E-state index is 12.3. The van der Waals surface area contributed by atoms with Crippen LogP contribution in [0.1, 0.15) is 32.1 Å². The molecule has 0 atom stereocenters. The molecule has 0 radical (unpaired) electrons. The number of carbonyl (C=O) groups is 1. The Morgan fingerprint density at radius 2 is 2.00 bits per heavy atom. The number of carbonyl (C=O) groups excluding carboxylic acids is 1. The summed E-state index contributed by atoms with van der Waals surface area (Å²) in [5.41, 5.74) is 0.871. The highest BCUT2D eigenvalue weighted by atomic mass is 16.5. The fourth-order valence-electron chi connectivity index (χ4n) is 3.74. The van der Waals surface area contributed by atoms with E-state index in [1.54, 1.807) is 10.7 Å². The van der Waals surface area contributed by atoms with Gasteiger partial charge >= 0.3 is 0 Å². The number of hydrogen-bond donors (Lipinski definition) is 1. The van der Waals surface area contributed by atoms with Crippen LogP contribution in [0.25, 0.3) is 5.65 Å². The lowest BCUT2D eigenvalue weighted by molar-refractivity contribution is -0.123. The molecule has 0 saturated carbocycles. The highest BCUT2D eigenvalue weighted by Crippen LogP contribution is 2.24. The van der Waals surface area contributed by atoms with Crippen molar-refractivity contribution in [3.63, 3.8) is 0 Å². The fourth-order valence-corrected chi connectivity index (χ4v) is 3.74. The van der Waals surface area contributed by atoms with E-state index in [4.69, 9.17) is 4.74 Å². The molecule has 0 aromatic carbocycles. The topological polar surface area (TPSA) is 71.8 Å². The second kappa shape index (κ2) is 7.39. The number of hydrogen-bond acceptors (Lipinski definition) is 5. The van der Waals surface area contributed by atoms with Crippen molar-refractivity contribution in [3.8, 4) is 0 Å². The van der Waals surface area contributed by atoms with Crippen LogP contribution in [-0.2, 0) is 9.53 Å². The van der Waals surface area contributed by atoms with Gasteiger partial charge in [-0.25, -0.2) is 9.50 Å². The van der Waals surface area contributed by atoms with E-state index < -0.39 is 0 Å². The summed E-state index contributed by atoms with van der Waals surface area (Å²) in [5.74, 6) is 1.66. The van der Waals surface area contributed by atoms with Crippen molar-refractivity contribution in [1.82, 2.24) is 19.9 Å². The first-order chi connectivity index (χ1) is 12.3. The van der Waals surface area contributed by atoms with Crippen molar-refractivity contribution >= 4 is 17.4 Å². The largest absolute Gasteiger partial charge is 0.381 e. The third kappa shape index (κ3) is 3.92. The van der Waals surface area contributed by atoms with E-state index in [0.717, 1.165) is 63.5 Å². The van der Waals surface area contributed by atoms with Gasteiger partial charge in [0.1, 0.15) is 5.82 Å². The van der Waals surface area contributed by atoms with Crippen molar-refractivity contribution in [2.24, 2.45) is 5.92 Å². The van der Waals surface area contributed by atoms with Gasteiger partial charge in [0.05, 0.1) is 6.20 Å². The van der Waals surface area contributed by atoms with Crippen LogP contribution in [0.3, 0.4) is 0 Å². The van der Waals surface area contributed by atoms with E-state index in [1.807, 2.05) is 18.3 Å². The molecule has 0 unspecified atom stereocenters. The van der Waals surface area contributed by atoms with Crippen LogP contribution in [-0.4, -0.2) is 52.9 Å². The maximum atomic E-state index is 12.3. The van der Waals surface area contributed by atoms with E-state index >= 15 is 0 Å². The first-order valence-electron chi connectivity index (χ1n) is 9.20. The number of anilines is 1. The summed E-state index contributed by atoms with van der Waals surface area (Å²) in [7, 11) is 0. The number of piperidine rings is 1. The van der Waals surface area contributed by atoms with E-state index in [1.165, 1.54) is 0 Å². The lowest BCUT2D eigenvalue weighted by atomic mass is 9.93. The molecule has 2 aromatic heterocycles. The smallest absolute Gasteiger partial charge is 0.220 e. The zero-order chi connectivity index (χ0) is 17.1. The maximum Gasteiger partial charge on any atom is 0.220 e. The number of nitrogens with zero attached hydrogens (tertiary/aromatic N) is 4. The zero-order valence-corrected chi connectivity index (χ0v) is 14.4. The predicted molar refractivity (Wildman–Crippen MR) is 94.5 cm³/mol. The lowest BCUT2D eigenvalue weighted by Gasteiger charge is -2.33. The summed E-state index contributed by atoms with van der Waals surface area (Å²) in [6.45, 7) is 3.43. The summed E-state index contributed by atoms with van der Waals surface area (Å²) < 4.78 is 7.11. The van der Waals surface area contributed by atoms with Crippen LogP contribution < -0.4 is 10.2 Å². The monoisotopic (exact) mass is 343 g/mol. The van der Waals surface area contributed by atoms with E-state index in [9.17, 15) is 4.79 Å². The van der Waals surface area contributed by atoms with Gasteiger partial charge in [-0.05, 0) is 37.7 Å². The van der Waals surface area contributed by atoms with Gasteiger partial charge in [0.15, 0.2) is 5.65 Å². The number of amides is 1. The molecule has 7 nitrogen and oxygen atoms in total. The lowest BCUT2D eigenvalue weighted by Crippen LogP contribution is -2.41. The molecule has 0 spiro atoms. The van der Waals surface area contributed by atoms with Gasteiger partial charge in [-0.3, -0.25) is 4.79 Å². The van der Waals surface area contributed by atoms with Crippen LogP contribution in [0.2, 0.25) is 0 Å². The van der Waals surface area contributed by atoms with Gasteiger partial charge in [-0.2, -0.15) is 5.10 Å². The Morgan fingerprint density at radius 1 is 1.20 bits per heavy atom. The Kier molecular flexibility index (Phi) is 4.83. The number of ether oxygens (including phenoxy) is 1. The van der Waals surface area contributed by atoms with Gasteiger partial charge in [0.25, 0.3) is 0 Å². The normalized spacial score (nSPS) is 20.1. The average molecular weight is 343 g/mol. The first kappa shape index (κ1) is 16.3. The quantitative estimate of drug-likeness (QED) is 0.914. The van der Waals surface area contributed by atoms with Gasteiger partial charge in [-0.15, -0.1) is 0 Å². The molecule has 1 N–H and O–H groups in total. The minimum absolute atomic E-state index is 0.198. The van der Waals surface area contributed by atoms with Crippen LogP contribution in [0.5, 0.6) is 0 Å². The van der Waals surface area contributed by atoms with Gasteiger partial charge in [-0.1, -0.05) is 0 Å². The molecular weight excluding hydrogens is 318 g/mol. The number of rotatable bonds is 4. The number of nitrogens with one attached hydrogen (secondary N) is 1. The third-order valence-electron chi connectivity index (χ3n) is 5.24. The molecule has 4 heterocycles. The highest BCUT2D eigenvalue weighted by Gasteiger charge is 2.24. The fraction of sp³-hybridized carbons (Fsp3) is 0.611. The minimum atomic E-state index is 0.198. The van der Waals surface area contributed by atoms with Crippen LogP contribution in [0.4, 0.5) is 5.82 Å². The molecule has 1 amide bonds. The molecule has 4 rings (SSSR count). The Hall–Kier alpha value is -2.15. The third-order valence-corrected chi connectivity index (χ3v) is 5.24. The minimum Gasteiger partial charge on any atom is -0.381 e. The van der Waals surface area contributed by atoms with Crippen LogP contribution in [0.15, 0.2) is 24.5 Å². The molecule has 2 aromatic rings. The van der Waals surface area contributed by atoms with E-state index in [-0.39, 0.29) is 5.91 Å². The Labute approximate surface area is 147 Å². The summed E-state index contributed by atoms with van der Waals surface area (Å²) in [4.78, 5) is 19.2. The standard InChI is InChI=1S/C18H25N5O2/c24-18(20-15-5-11-25-12-6-15)13-14-2-8-22(9-3-14)16-4-10-23-17(21-16)1-7-19-23/h1,4,7,10,14-15H,2-3,5-6,8-9,11-13H2,(H,20,24). The van der Waals surface area contributed by atoms with Crippen molar-refractivity contribution in [2.75, 3.05) is 31.2 Å².